The Hall–Kier alpha value is -0.580. The number of nitrogens with zero attached hydrogens (tertiary/aromatic N) is 2. The molecule has 0 N–H and O–H groups in total. The zero-order chi connectivity index (χ0) is 13.4. The van der Waals surface area contributed by atoms with Crippen LogP contribution >= 0.6 is 23.2 Å². The molecule has 2 heterocycles. The van der Waals surface area contributed by atoms with Crippen molar-refractivity contribution >= 4 is 45.0 Å². The van der Waals surface area contributed by atoms with E-state index in [2.05, 4.69) is 9.55 Å². The molecule has 3 rings (SSSR count). The van der Waals surface area contributed by atoms with Gasteiger partial charge in [0.1, 0.15) is 11.3 Å². The number of imidazole rings is 1. The van der Waals surface area contributed by atoms with Crippen LogP contribution in [0.4, 0.5) is 0 Å². The molecule has 102 valence electrons. The van der Waals surface area contributed by atoms with Crippen LogP contribution < -0.4 is 0 Å². The Balaban J connectivity index is 2.11. The molecule has 1 saturated heterocycles. The minimum atomic E-state index is -0.662. The van der Waals surface area contributed by atoms with Crippen molar-refractivity contribution in [2.45, 2.75) is 24.8 Å². The van der Waals surface area contributed by atoms with Gasteiger partial charge < -0.3 is 4.57 Å². The van der Waals surface area contributed by atoms with Crippen LogP contribution in [0, 0.1) is 0 Å². The van der Waals surface area contributed by atoms with Crippen molar-refractivity contribution in [3.05, 3.63) is 29.0 Å². The molecular formula is C13H14Cl2N2OS. The summed E-state index contributed by atoms with van der Waals surface area (Å²) in [5.74, 6) is 2.73. The minimum absolute atomic E-state index is 0.329. The maximum atomic E-state index is 11.5. The monoisotopic (exact) mass is 316 g/mol. The summed E-state index contributed by atoms with van der Waals surface area (Å²) in [5, 5.41) is 0.655. The maximum Gasteiger partial charge on any atom is 0.125 e. The standard InChI is InChI=1S/C13H14Cl2N2OS/c14-8-12-16-13-10(15)2-1-3-11(13)17(12)9-4-6-19(18)7-5-9/h1-3,9H,4-8H2. The number of para-hydroxylation sites is 1. The molecule has 2 aromatic rings. The van der Waals surface area contributed by atoms with Gasteiger partial charge in [-0.05, 0) is 25.0 Å². The molecule has 0 radical (unpaired) electrons. The molecule has 1 aliphatic heterocycles. The normalized spacial score (nSPS) is 23.9. The number of benzene rings is 1. The lowest BCUT2D eigenvalue weighted by molar-refractivity contribution is 0.462. The van der Waals surface area contributed by atoms with Gasteiger partial charge >= 0.3 is 0 Å². The van der Waals surface area contributed by atoms with E-state index in [-0.39, 0.29) is 0 Å². The first-order valence-electron chi connectivity index (χ1n) is 6.27. The number of aromatic nitrogens is 2. The number of fused-ring (bicyclic) bond motifs is 1. The van der Waals surface area contributed by atoms with Gasteiger partial charge in [-0.1, -0.05) is 17.7 Å². The molecule has 1 aromatic carbocycles. The lowest BCUT2D eigenvalue weighted by Gasteiger charge is -2.25. The fourth-order valence-corrected chi connectivity index (χ4v) is 4.35. The van der Waals surface area contributed by atoms with Gasteiger partial charge in [0.05, 0.1) is 16.4 Å². The second kappa shape index (κ2) is 5.43. The van der Waals surface area contributed by atoms with Gasteiger partial charge in [0, 0.05) is 28.3 Å². The van der Waals surface area contributed by atoms with Gasteiger partial charge in [0.15, 0.2) is 0 Å². The lowest BCUT2D eigenvalue weighted by atomic mass is 10.1. The zero-order valence-electron chi connectivity index (χ0n) is 10.3. The molecule has 6 heteroatoms. The summed E-state index contributed by atoms with van der Waals surface area (Å²) in [6, 6.07) is 6.13. The summed E-state index contributed by atoms with van der Waals surface area (Å²) in [4.78, 5) is 4.55. The average Bonchev–Trinajstić information content (AvgIpc) is 2.80. The minimum Gasteiger partial charge on any atom is -0.324 e. The molecule has 0 bridgehead atoms. The summed E-state index contributed by atoms with van der Waals surface area (Å²) in [6.07, 6.45) is 1.82. The van der Waals surface area contributed by atoms with Crippen LogP contribution in [0.5, 0.6) is 0 Å². The van der Waals surface area contributed by atoms with E-state index in [4.69, 9.17) is 23.2 Å². The molecule has 0 atom stereocenters. The first-order valence-corrected chi connectivity index (χ1v) is 8.67. The molecule has 19 heavy (non-hydrogen) atoms. The smallest absolute Gasteiger partial charge is 0.125 e. The van der Waals surface area contributed by atoms with Crippen LogP contribution in [0.3, 0.4) is 0 Å². The Bertz CT molecular complexity index is 631. The van der Waals surface area contributed by atoms with Crippen molar-refractivity contribution in [1.82, 2.24) is 9.55 Å². The Morgan fingerprint density at radius 1 is 1.37 bits per heavy atom. The second-order valence-electron chi connectivity index (χ2n) is 4.72. The quantitative estimate of drug-likeness (QED) is 0.795. The molecule has 0 saturated carbocycles. The zero-order valence-corrected chi connectivity index (χ0v) is 12.6. The Labute approximate surface area is 124 Å². The third-order valence-electron chi connectivity index (χ3n) is 3.59. The molecule has 0 unspecified atom stereocenters. The topological polar surface area (TPSA) is 34.9 Å². The van der Waals surface area contributed by atoms with Crippen LogP contribution in [0.25, 0.3) is 11.0 Å². The average molecular weight is 317 g/mol. The molecule has 0 amide bonds. The van der Waals surface area contributed by atoms with E-state index in [1.807, 2.05) is 18.2 Å². The van der Waals surface area contributed by atoms with Crippen molar-refractivity contribution in [2.24, 2.45) is 0 Å². The second-order valence-corrected chi connectivity index (χ2v) is 7.09. The first kappa shape index (κ1) is 13.4. The van der Waals surface area contributed by atoms with Crippen molar-refractivity contribution < 1.29 is 4.21 Å². The van der Waals surface area contributed by atoms with Crippen molar-refractivity contribution in [3.63, 3.8) is 0 Å². The van der Waals surface area contributed by atoms with Crippen molar-refractivity contribution in [3.8, 4) is 0 Å². The van der Waals surface area contributed by atoms with Gasteiger partial charge in [-0.2, -0.15) is 0 Å². The Kier molecular flexibility index (Phi) is 3.83. The molecule has 1 aliphatic rings. The van der Waals surface area contributed by atoms with Gasteiger partial charge in [-0.3, -0.25) is 4.21 Å². The molecular weight excluding hydrogens is 303 g/mol. The summed E-state index contributed by atoms with van der Waals surface area (Å²) in [5.41, 5.74) is 1.84. The van der Waals surface area contributed by atoms with E-state index in [1.165, 1.54) is 0 Å². The molecule has 0 aliphatic carbocycles. The number of hydrogen-bond acceptors (Lipinski definition) is 2. The highest BCUT2D eigenvalue weighted by atomic mass is 35.5. The summed E-state index contributed by atoms with van der Waals surface area (Å²) >= 11 is 12.2. The van der Waals surface area contributed by atoms with Crippen LogP contribution in [0.1, 0.15) is 24.7 Å². The third-order valence-corrected chi connectivity index (χ3v) is 5.51. The lowest BCUT2D eigenvalue weighted by Crippen LogP contribution is -2.22. The maximum absolute atomic E-state index is 11.5. The van der Waals surface area contributed by atoms with Gasteiger partial charge in [0.25, 0.3) is 0 Å². The highest BCUT2D eigenvalue weighted by molar-refractivity contribution is 7.85. The van der Waals surface area contributed by atoms with Crippen LogP contribution in [-0.4, -0.2) is 25.3 Å². The fourth-order valence-electron chi connectivity index (χ4n) is 2.67. The number of halogens is 2. The van der Waals surface area contributed by atoms with E-state index in [0.29, 0.717) is 16.9 Å². The molecule has 1 aromatic heterocycles. The van der Waals surface area contributed by atoms with Crippen LogP contribution in [-0.2, 0) is 16.7 Å². The van der Waals surface area contributed by atoms with E-state index in [0.717, 1.165) is 41.2 Å². The fraction of sp³-hybridized carbons (Fsp3) is 0.462. The predicted molar refractivity (Wildman–Crippen MR) is 80.4 cm³/mol. The van der Waals surface area contributed by atoms with Gasteiger partial charge in [-0.15, -0.1) is 11.6 Å². The van der Waals surface area contributed by atoms with Gasteiger partial charge in [0.2, 0.25) is 0 Å². The van der Waals surface area contributed by atoms with E-state index < -0.39 is 10.8 Å². The van der Waals surface area contributed by atoms with E-state index in [1.54, 1.807) is 0 Å². The largest absolute Gasteiger partial charge is 0.324 e. The highest BCUT2D eigenvalue weighted by Crippen LogP contribution is 2.31. The summed E-state index contributed by atoms with van der Waals surface area (Å²) < 4.78 is 13.7. The first-order chi connectivity index (χ1) is 9.20. The molecule has 1 fully saturated rings. The Morgan fingerprint density at radius 2 is 2.11 bits per heavy atom. The predicted octanol–water partition coefficient (Wildman–Crippen LogP) is 3.51. The van der Waals surface area contributed by atoms with Crippen molar-refractivity contribution in [1.29, 1.82) is 0 Å². The summed E-state index contributed by atoms with van der Waals surface area (Å²) in [7, 11) is -0.662. The molecule has 3 nitrogen and oxygen atoms in total. The third kappa shape index (κ3) is 2.41. The van der Waals surface area contributed by atoms with Crippen LogP contribution in [0.2, 0.25) is 5.02 Å². The summed E-state index contributed by atoms with van der Waals surface area (Å²) in [6.45, 7) is 0. The van der Waals surface area contributed by atoms with E-state index >= 15 is 0 Å². The number of rotatable bonds is 2. The highest BCUT2D eigenvalue weighted by Gasteiger charge is 2.24. The van der Waals surface area contributed by atoms with Crippen LogP contribution in [0.15, 0.2) is 18.2 Å². The number of alkyl halides is 1. The Morgan fingerprint density at radius 3 is 2.79 bits per heavy atom. The SMILES string of the molecule is O=S1CCC(n2c(CCl)nc3c(Cl)cccc32)CC1. The van der Waals surface area contributed by atoms with E-state index in [9.17, 15) is 4.21 Å². The van der Waals surface area contributed by atoms with Gasteiger partial charge in [-0.25, -0.2) is 4.98 Å². The molecule has 0 spiro atoms. The number of hydrogen-bond donors (Lipinski definition) is 0. The van der Waals surface area contributed by atoms with Crippen molar-refractivity contribution in [2.75, 3.05) is 11.5 Å².